The molecule has 164 valence electrons. The molecule has 5 nitrogen and oxygen atoms in total. The Hall–Kier alpha value is -3.43. The maximum atomic E-state index is 13.1. The summed E-state index contributed by atoms with van der Waals surface area (Å²) in [4.78, 5) is 14.0. The smallest absolute Gasteiger partial charge is 0.252 e. The number of hydrogen-bond acceptors (Lipinski definition) is 5. The van der Waals surface area contributed by atoms with E-state index in [1.165, 1.54) is 0 Å². The topological polar surface area (TPSA) is 71.3 Å². The van der Waals surface area contributed by atoms with Gasteiger partial charge in [0.1, 0.15) is 0 Å². The first kappa shape index (κ1) is 23.2. The molecule has 0 radical (unpaired) electrons. The summed E-state index contributed by atoms with van der Waals surface area (Å²) in [6, 6.07) is 20.8. The van der Waals surface area contributed by atoms with Gasteiger partial charge in [-0.3, -0.25) is 4.79 Å². The SMILES string of the molecule is COc1cc(C)c(C(C)NC(=O)c2ccccc2SCc2ccc(C#N)cc2)cc1OC. The highest BCUT2D eigenvalue weighted by molar-refractivity contribution is 7.98. The van der Waals surface area contributed by atoms with Crippen molar-refractivity contribution in [2.75, 3.05) is 14.2 Å². The number of ether oxygens (including phenoxy) is 2. The lowest BCUT2D eigenvalue weighted by Crippen LogP contribution is -2.27. The molecule has 1 unspecified atom stereocenters. The standard InChI is InChI=1S/C26H26N2O3S/c1-17-13-23(30-3)24(31-4)14-22(17)18(2)28-26(29)21-7-5-6-8-25(21)32-16-20-11-9-19(15-27)10-12-20/h5-14,18H,16H2,1-4H3,(H,28,29). The highest BCUT2D eigenvalue weighted by Gasteiger charge is 2.18. The molecule has 0 saturated carbocycles. The number of nitrogens with zero attached hydrogens (tertiary/aromatic N) is 1. The Morgan fingerprint density at radius 1 is 1.06 bits per heavy atom. The largest absolute Gasteiger partial charge is 0.493 e. The van der Waals surface area contributed by atoms with E-state index in [2.05, 4.69) is 11.4 Å². The second-order valence-electron chi connectivity index (χ2n) is 7.35. The van der Waals surface area contributed by atoms with E-state index in [9.17, 15) is 4.79 Å². The third-order valence-electron chi connectivity index (χ3n) is 5.20. The van der Waals surface area contributed by atoms with Gasteiger partial charge in [-0.1, -0.05) is 24.3 Å². The third kappa shape index (κ3) is 5.43. The van der Waals surface area contributed by atoms with Gasteiger partial charge in [-0.15, -0.1) is 11.8 Å². The highest BCUT2D eigenvalue weighted by atomic mass is 32.2. The molecule has 0 aliphatic carbocycles. The van der Waals surface area contributed by atoms with Gasteiger partial charge in [0.25, 0.3) is 5.91 Å². The quantitative estimate of drug-likeness (QED) is 0.452. The fourth-order valence-electron chi connectivity index (χ4n) is 3.43. The molecule has 0 aromatic heterocycles. The van der Waals surface area contributed by atoms with E-state index in [-0.39, 0.29) is 11.9 Å². The van der Waals surface area contributed by atoms with Gasteiger partial charge in [-0.05, 0) is 66.9 Å². The lowest BCUT2D eigenvalue weighted by molar-refractivity contribution is 0.0937. The molecule has 1 N–H and O–H groups in total. The normalized spacial score (nSPS) is 11.3. The van der Waals surface area contributed by atoms with E-state index < -0.39 is 0 Å². The van der Waals surface area contributed by atoms with Gasteiger partial charge in [0, 0.05) is 10.6 Å². The van der Waals surface area contributed by atoms with Crippen LogP contribution in [0.4, 0.5) is 0 Å². The van der Waals surface area contributed by atoms with Crippen LogP contribution in [0, 0.1) is 18.3 Å². The van der Waals surface area contributed by atoms with Crippen LogP contribution in [0.15, 0.2) is 65.6 Å². The lowest BCUT2D eigenvalue weighted by Gasteiger charge is -2.20. The van der Waals surface area contributed by atoms with Crippen LogP contribution in [-0.4, -0.2) is 20.1 Å². The summed E-state index contributed by atoms with van der Waals surface area (Å²) >= 11 is 1.60. The van der Waals surface area contributed by atoms with Crippen LogP contribution in [0.5, 0.6) is 11.5 Å². The molecule has 1 atom stereocenters. The number of thioether (sulfide) groups is 1. The van der Waals surface area contributed by atoms with Gasteiger partial charge in [-0.25, -0.2) is 0 Å². The zero-order valence-electron chi connectivity index (χ0n) is 18.6. The van der Waals surface area contributed by atoms with Crippen molar-refractivity contribution in [3.8, 4) is 17.6 Å². The molecule has 3 rings (SSSR count). The van der Waals surface area contributed by atoms with E-state index in [4.69, 9.17) is 14.7 Å². The Bertz CT molecular complexity index is 1140. The maximum absolute atomic E-state index is 13.1. The van der Waals surface area contributed by atoms with Crippen molar-refractivity contribution in [3.63, 3.8) is 0 Å². The van der Waals surface area contributed by atoms with Crippen LogP contribution < -0.4 is 14.8 Å². The van der Waals surface area contributed by atoms with Gasteiger partial charge >= 0.3 is 0 Å². The number of methoxy groups -OCH3 is 2. The molecule has 0 heterocycles. The summed E-state index contributed by atoms with van der Waals surface area (Å²) in [5, 5.41) is 12.1. The number of carbonyl (C=O) groups is 1. The summed E-state index contributed by atoms with van der Waals surface area (Å²) in [6.45, 7) is 3.94. The molecule has 0 bridgehead atoms. The van der Waals surface area contributed by atoms with E-state index >= 15 is 0 Å². The second-order valence-corrected chi connectivity index (χ2v) is 8.37. The zero-order chi connectivity index (χ0) is 23.1. The monoisotopic (exact) mass is 446 g/mol. The predicted octanol–water partition coefficient (Wildman–Crippen LogP) is 5.67. The number of nitriles is 1. The van der Waals surface area contributed by atoms with Gasteiger partial charge in [-0.2, -0.15) is 5.26 Å². The van der Waals surface area contributed by atoms with Gasteiger partial charge < -0.3 is 14.8 Å². The Labute approximate surface area is 193 Å². The summed E-state index contributed by atoms with van der Waals surface area (Å²) in [7, 11) is 3.20. The number of amides is 1. The Morgan fingerprint density at radius 3 is 2.38 bits per heavy atom. The van der Waals surface area contributed by atoms with E-state index in [0.717, 1.165) is 21.6 Å². The van der Waals surface area contributed by atoms with Crippen molar-refractivity contribution in [2.24, 2.45) is 0 Å². The maximum Gasteiger partial charge on any atom is 0.252 e. The molecule has 0 saturated heterocycles. The fourth-order valence-corrected chi connectivity index (χ4v) is 4.44. The van der Waals surface area contributed by atoms with Crippen LogP contribution >= 0.6 is 11.8 Å². The summed E-state index contributed by atoms with van der Waals surface area (Å²) in [5.74, 6) is 1.87. The molecule has 0 fully saturated rings. The van der Waals surface area contributed by atoms with Crippen LogP contribution in [0.2, 0.25) is 0 Å². The second kappa shape index (κ2) is 10.7. The highest BCUT2D eigenvalue weighted by Crippen LogP contribution is 2.33. The first-order valence-electron chi connectivity index (χ1n) is 10.2. The average molecular weight is 447 g/mol. The van der Waals surface area contributed by atoms with Crippen molar-refractivity contribution < 1.29 is 14.3 Å². The van der Waals surface area contributed by atoms with E-state index in [1.54, 1.807) is 26.0 Å². The molecule has 32 heavy (non-hydrogen) atoms. The van der Waals surface area contributed by atoms with Crippen LogP contribution in [0.25, 0.3) is 0 Å². The van der Waals surface area contributed by atoms with E-state index in [0.29, 0.717) is 28.4 Å². The predicted molar refractivity (Wildman–Crippen MR) is 127 cm³/mol. The molecule has 0 spiro atoms. The molecule has 0 aliphatic heterocycles. The average Bonchev–Trinajstić information content (AvgIpc) is 2.82. The molecule has 6 heteroatoms. The zero-order valence-corrected chi connectivity index (χ0v) is 19.5. The van der Waals surface area contributed by atoms with Gasteiger partial charge in [0.2, 0.25) is 0 Å². The van der Waals surface area contributed by atoms with Gasteiger partial charge in [0.05, 0.1) is 37.5 Å². The number of nitrogens with one attached hydrogen (secondary N) is 1. The van der Waals surface area contributed by atoms with Crippen LogP contribution in [-0.2, 0) is 5.75 Å². The summed E-state index contributed by atoms with van der Waals surface area (Å²) in [5.41, 5.74) is 4.35. The fraction of sp³-hybridized carbons (Fsp3) is 0.231. The minimum Gasteiger partial charge on any atom is -0.493 e. The van der Waals surface area contributed by atoms with Crippen molar-refractivity contribution in [2.45, 2.75) is 30.5 Å². The number of aryl methyl sites for hydroxylation is 1. The first-order chi connectivity index (χ1) is 15.5. The minimum atomic E-state index is -0.209. The Balaban J connectivity index is 1.75. The molecule has 3 aromatic rings. The molecule has 1 amide bonds. The van der Waals surface area contributed by atoms with Crippen molar-refractivity contribution in [1.29, 1.82) is 5.26 Å². The van der Waals surface area contributed by atoms with E-state index in [1.807, 2.05) is 74.5 Å². The molecule has 3 aromatic carbocycles. The molecular formula is C26H26N2O3S. The number of benzene rings is 3. The van der Waals surface area contributed by atoms with Crippen LogP contribution in [0.1, 0.15) is 45.6 Å². The van der Waals surface area contributed by atoms with Crippen molar-refractivity contribution in [3.05, 3.63) is 88.5 Å². The summed E-state index contributed by atoms with van der Waals surface area (Å²) in [6.07, 6.45) is 0. The lowest BCUT2D eigenvalue weighted by atomic mass is 10.0. The Morgan fingerprint density at radius 2 is 1.72 bits per heavy atom. The van der Waals surface area contributed by atoms with Crippen molar-refractivity contribution in [1.82, 2.24) is 5.32 Å². The Kier molecular flexibility index (Phi) is 7.80. The number of carbonyl (C=O) groups excluding carboxylic acids is 1. The van der Waals surface area contributed by atoms with Gasteiger partial charge in [0.15, 0.2) is 11.5 Å². The van der Waals surface area contributed by atoms with Crippen LogP contribution in [0.3, 0.4) is 0 Å². The molecule has 0 aliphatic rings. The molecular weight excluding hydrogens is 420 g/mol. The van der Waals surface area contributed by atoms with Crippen molar-refractivity contribution >= 4 is 17.7 Å². The first-order valence-corrected chi connectivity index (χ1v) is 11.2. The summed E-state index contributed by atoms with van der Waals surface area (Å²) < 4.78 is 10.8. The minimum absolute atomic E-state index is 0.130. The third-order valence-corrected chi connectivity index (χ3v) is 6.34. The number of rotatable bonds is 8. The number of hydrogen-bond donors (Lipinski definition) is 1.